The fourth-order valence-corrected chi connectivity index (χ4v) is 4.27. The molecule has 144 valence electrons. The minimum Gasteiger partial charge on any atom is -0.349 e. The molecule has 1 amide bonds. The first kappa shape index (κ1) is 18.5. The molecule has 28 heavy (non-hydrogen) atoms. The van der Waals surface area contributed by atoms with Crippen LogP contribution in [0.3, 0.4) is 0 Å². The third kappa shape index (κ3) is 3.72. The zero-order valence-corrected chi connectivity index (χ0v) is 16.6. The molecule has 4 heteroatoms. The highest BCUT2D eigenvalue weighted by atomic mass is 16.1. The first-order valence-electron chi connectivity index (χ1n) is 10.1. The molecule has 0 radical (unpaired) electrons. The van der Waals surface area contributed by atoms with E-state index in [4.69, 9.17) is 0 Å². The molecule has 0 aliphatic heterocycles. The van der Waals surface area contributed by atoms with Crippen LogP contribution in [0.1, 0.15) is 53.4 Å². The summed E-state index contributed by atoms with van der Waals surface area (Å²) in [5, 5.41) is 7.95. The van der Waals surface area contributed by atoms with Crippen LogP contribution >= 0.6 is 0 Å². The molecular formula is C24H27N3O. The molecular weight excluding hydrogens is 346 g/mol. The average molecular weight is 374 g/mol. The second-order valence-corrected chi connectivity index (χ2v) is 7.61. The maximum absolute atomic E-state index is 12.7. The van der Waals surface area contributed by atoms with Crippen molar-refractivity contribution in [3.05, 3.63) is 82.7 Å². The summed E-state index contributed by atoms with van der Waals surface area (Å²) in [6, 6.07) is 18.8. The quantitative estimate of drug-likeness (QED) is 0.710. The van der Waals surface area contributed by atoms with Crippen LogP contribution in [-0.2, 0) is 17.6 Å². The second kappa shape index (κ2) is 8.01. The predicted molar refractivity (Wildman–Crippen MR) is 112 cm³/mol. The number of nitrogens with zero attached hydrogens (tertiary/aromatic N) is 2. The summed E-state index contributed by atoms with van der Waals surface area (Å²) in [4.78, 5) is 12.7. The molecule has 4 nitrogen and oxygen atoms in total. The monoisotopic (exact) mass is 373 g/mol. The number of amides is 1. The van der Waals surface area contributed by atoms with Crippen LogP contribution in [-0.4, -0.2) is 15.7 Å². The molecule has 1 aromatic heterocycles. The van der Waals surface area contributed by atoms with E-state index in [2.05, 4.69) is 53.7 Å². The lowest BCUT2D eigenvalue weighted by atomic mass is 9.87. The van der Waals surface area contributed by atoms with Gasteiger partial charge >= 0.3 is 0 Å². The van der Waals surface area contributed by atoms with E-state index in [9.17, 15) is 4.79 Å². The molecule has 1 unspecified atom stereocenters. The van der Waals surface area contributed by atoms with E-state index in [1.807, 2.05) is 29.8 Å². The van der Waals surface area contributed by atoms with Crippen molar-refractivity contribution in [1.82, 2.24) is 15.1 Å². The lowest BCUT2D eigenvalue weighted by molar-refractivity contribution is -0.121. The van der Waals surface area contributed by atoms with Gasteiger partial charge in [-0.25, -0.2) is 4.68 Å². The van der Waals surface area contributed by atoms with Gasteiger partial charge < -0.3 is 5.32 Å². The highest BCUT2D eigenvalue weighted by molar-refractivity contribution is 5.77. The second-order valence-electron chi connectivity index (χ2n) is 7.61. The van der Waals surface area contributed by atoms with E-state index in [-0.39, 0.29) is 11.9 Å². The van der Waals surface area contributed by atoms with E-state index >= 15 is 0 Å². The number of hydrogen-bond donors (Lipinski definition) is 1. The number of benzene rings is 2. The van der Waals surface area contributed by atoms with Crippen LogP contribution in [0.25, 0.3) is 5.69 Å². The van der Waals surface area contributed by atoms with Gasteiger partial charge in [-0.15, -0.1) is 0 Å². The van der Waals surface area contributed by atoms with Gasteiger partial charge in [0.15, 0.2) is 0 Å². The maximum atomic E-state index is 12.7. The molecule has 0 saturated heterocycles. The molecule has 0 bridgehead atoms. The molecule has 1 heterocycles. The average Bonchev–Trinajstić information content (AvgIpc) is 3.01. The number of para-hydroxylation sites is 1. The molecule has 4 rings (SSSR count). The Morgan fingerprint density at radius 1 is 1.11 bits per heavy atom. The summed E-state index contributed by atoms with van der Waals surface area (Å²) in [6.45, 7) is 4.11. The van der Waals surface area contributed by atoms with Crippen molar-refractivity contribution in [3.8, 4) is 5.69 Å². The number of hydrogen-bond acceptors (Lipinski definition) is 2. The zero-order chi connectivity index (χ0) is 19.5. The van der Waals surface area contributed by atoms with Crippen LogP contribution < -0.4 is 5.32 Å². The number of carbonyl (C=O) groups excluding carboxylic acids is 1. The van der Waals surface area contributed by atoms with Gasteiger partial charge in [-0.05, 0) is 68.4 Å². The van der Waals surface area contributed by atoms with Crippen LogP contribution in [0.4, 0.5) is 0 Å². The molecule has 0 spiro atoms. The van der Waals surface area contributed by atoms with Crippen LogP contribution in [0.15, 0.2) is 54.6 Å². The van der Waals surface area contributed by atoms with E-state index in [1.54, 1.807) is 0 Å². The van der Waals surface area contributed by atoms with E-state index in [0.29, 0.717) is 12.8 Å². The summed E-state index contributed by atoms with van der Waals surface area (Å²) in [6.07, 6.45) is 4.46. The first-order chi connectivity index (χ1) is 13.6. The van der Waals surface area contributed by atoms with Crippen LogP contribution in [0.5, 0.6) is 0 Å². The van der Waals surface area contributed by atoms with Crippen molar-refractivity contribution in [2.24, 2.45) is 0 Å². The minimum absolute atomic E-state index is 0.118. The number of nitrogens with one attached hydrogen (secondary N) is 1. The smallest absolute Gasteiger partial charge is 0.220 e. The Morgan fingerprint density at radius 2 is 1.86 bits per heavy atom. The third-order valence-corrected chi connectivity index (χ3v) is 5.75. The molecule has 1 atom stereocenters. The normalized spacial score (nSPS) is 15.9. The lowest BCUT2D eigenvalue weighted by Crippen LogP contribution is -2.31. The number of fused-ring (bicyclic) bond motifs is 1. The Kier molecular flexibility index (Phi) is 5.29. The highest BCUT2D eigenvalue weighted by Crippen LogP contribution is 2.29. The molecule has 2 aromatic carbocycles. The van der Waals surface area contributed by atoms with Gasteiger partial charge in [0.05, 0.1) is 17.4 Å². The number of aromatic nitrogens is 2. The van der Waals surface area contributed by atoms with Gasteiger partial charge in [-0.1, -0.05) is 42.5 Å². The summed E-state index contributed by atoms with van der Waals surface area (Å²) in [7, 11) is 0. The van der Waals surface area contributed by atoms with Gasteiger partial charge in [-0.2, -0.15) is 5.10 Å². The highest BCUT2D eigenvalue weighted by Gasteiger charge is 2.21. The van der Waals surface area contributed by atoms with Crippen molar-refractivity contribution in [2.45, 2.75) is 52.0 Å². The van der Waals surface area contributed by atoms with E-state index in [1.165, 1.54) is 16.7 Å². The number of aryl methyl sites for hydroxylation is 2. The fraction of sp³-hybridized carbons (Fsp3) is 0.333. The number of rotatable bonds is 5. The Bertz CT molecular complexity index is 975. The van der Waals surface area contributed by atoms with Gasteiger partial charge in [0.25, 0.3) is 0 Å². The van der Waals surface area contributed by atoms with E-state index < -0.39 is 0 Å². The Morgan fingerprint density at radius 3 is 2.68 bits per heavy atom. The van der Waals surface area contributed by atoms with Crippen molar-refractivity contribution >= 4 is 5.91 Å². The fourth-order valence-electron chi connectivity index (χ4n) is 4.27. The summed E-state index contributed by atoms with van der Waals surface area (Å²) in [5.74, 6) is 0.118. The molecule has 0 fully saturated rings. The molecule has 1 aliphatic carbocycles. The van der Waals surface area contributed by atoms with Crippen molar-refractivity contribution < 1.29 is 4.79 Å². The van der Waals surface area contributed by atoms with Crippen LogP contribution in [0.2, 0.25) is 0 Å². The Balaban J connectivity index is 1.43. The summed E-state index contributed by atoms with van der Waals surface area (Å²) in [5.41, 5.74) is 6.98. The zero-order valence-electron chi connectivity index (χ0n) is 16.6. The SMILES string of the molecule is Cc1nn(-c2ccccc2)c(C)c1CCC(=O)NC1CCCc2ccccc21. The minimum atomic E-state index is 0.118. The maximum Gasteiger partial charge on any atom is 0.220 e. The lowest BCUT2D eigenvalue weighted by Gasteiger charge is -2.26. The predicted octanol–water partition coefficient (Wildman–Crippen LogP) is 4.62. The topological polar surface area (TPSA) is 46.9 Å². The first-order valence-corrected chi connectivity index (χ1v) is 10.1. The standard InChI is InChI=1S/C24H27N3O/c1-17-21(18(2)27(26-17)20-11-4-3-5-12-20)15-16-24(28)25-23-14-8-10-19-9-6-7-13-22(19)23/h3-7,9,11-13,23H,8,10,14-16H2,1-2H3,(H,25,28). The number of carbonyl (C=O) groups is 1. The molecule has 0 saturated carbocycles. The van der Waals surface area contributed by atoms with Gasteiger partial charge in [0.1, 0.15) is 0 Å². The van der Waals surface area contributed by atoms with Gasteiger partial charge in [0.2, 0.25) is 5.91 Å². The molecule has 1 N–H and O–H groups in total. The Labute approximate surface area is 166 Å². The van der Waals surface area contributed by atoms with Crippen molar-refractivity contribution in [3.63, 3.8) is 0 Å². The summed E-state index contributed by atoms with van der Waals surface area (Å²) >= 11 is 0. The van der Waals surface area contributed by atoms with E-state index in [0.717, 1.165) is 36.3 Å². The summed E-state index contributed by atoms with van der Waals surface area (Å²) < 4.78 is 1.97. The largest absolute Gasteiger partial charge is 0.349 e. The van der Waals surface area contributed by atoms with Crippen molar-refractivity contribution in [1.29, 1.82) is 0 Å². The van der Waals surface area contributed by atoms with Crippen LogP contribution in [0, 0.1) is 13.8 Å². The molecule has 1 aliphatic rings. The third-order valence-electron chi connectivity index (χ3n) is 5.75. The van der Waals surface area contributed by atoms with Gasteiger partial charge in [-0.3, -0.25) is 4.79 Å². The van der Waals surface area contributed by atoms with Gasteiger partial charge in [0, 0.05) is 12.1 Å². The van der Waals surface area contributed by atoms with Crippen molar-refractivity contribution in [2.75, 3.05) is 0 Å². The Hall–Kier alpha value is -2.88. The molecule has 3 aromatic rings.